The third kappa shape index (κ3) is 5.23. The van der Waals surface area contributed by atoms with Crippen LogP contribution in [-0.2, 0) is 12.7 Å². The topological polar surface area (TPSA) is 102 Å². The standard InChI is InChI=1S/C27H25F4N5O3/c1-14(16-4-3-5-16)32-22-21-23(34-24(33-22)26(37)38)35-25(19-11-10-18(39-2)12-20(19)28)36(21)13-15-6-8-17(9-7-15)27(29,30)31/h6-12,14,16H,3-5,13H2,1-2H3,(H,37,38)(H,32,33,34)/t14-/m1/s1. The van der Waals surface area contributed by atoms with Crippen LogP contribution in [0, 0.1) is 11.7 Å². The van der Waals surface area contributed by atoms with Crippen molar-refractivity contribution in [1.29, 1.82) is 0 Å². The number of nitrogens with zero attached hydrogens (tertiary/aromatic N) is 4. The smallest absolute Gasteiger partial charge is 0.416 e. The number of carboxylic acids is 1. The van der Waals surface area contributed by atoms with Crippen LogP contribution in [0.2, 0.25) is 0 Å². The fraction of sp³-hybridized carbons (Fsp3) is 0.333. The molecule has 1 aliphatic rings. The van der Waals surface area contributed by atoms with E-state index in [9.17, 15) is 23.1 Å². The first-order valence-corrected chi connectivity index (χ1v) is 12.3. The molecule has 0 radical (unpaired) electrons. The third-order valence-electron chi connectivity index (χ3n) is 7.05. The number of alkyl halides is 3. The molecule has 2 aromatic heterocycles. The van der Waals surface area contributed by atoms with Gasteiger partial charge in [0.2, 0.25) is 5.82 Å². The van der Waals surface area contributed by atoms with Gasteiger partial charge in [0.1, 0.15) is 22.9 Å². The highest BCUT2D eigenvalue weighted by atomic mass is 19.4. The average Bonchev–Trinajstić information content (AvgIpc) is 3.20. The van der Waals surface area contributed by atoms with E-state index in [0.717, 1.165) is 31.4 Å². The summed E-state index contributed by atoms with van der Waals surface area (Å²) in [7, 11) is 1.40. The SMILES string of the molecule is COc1ccc(-c2nc3nc(C(=O)O)nc(N[C@H](C)C4CCC4)c3n2Cc2ccc(C(F)(F)F)cc2)c(F)c1. The molecule has 0 saturated heterocycles. The highest BCUT2D eigenvalue weighted by Crippen LogP contribution is 2.35. The molecule has 0 spiro atoms. The molecule has 12 heteroatoms. The Bertz CT molecular complexity index is 1530. The zero-order chi connectivity index (χ0) is 27.9. The lowest BCUT2D eigenvalue weighted by atomic mass is 9.80. The van der Waals surface area contributed by atoms with Crippen LogP contribution in [0.25, 0.3) is 22.6 Å². The normalized spacial score (nSPS) is 14.7. The van der Waals surface area contributed by atoms with Gasteiger partial charge < -0.3 is 19.7 Å². The number of imidazole rings is 1. The third-order valence-corrected chi connectivity index (χ3v) is 7.05. The second-order valence-corrected chi connectivity index (χ2v) is 9.56. The number of fused-ring (bicyclic) bond motifs is 1. The molecule has 5 rings (SSSR count). The van der Waals surface area contributed by atoms with Crippen molar-refractivity contribution in [2.75, 3.05) is 12.4 Å². The van der Waals surface area contributed by atoms with Gasteiger partial charge in [-0.15, -0.1) is 0 Å². The maximum absolute atomic E-state index is 15.2. The lowest BCUT2D eigenvalue weighted by Gasteiger charge is -2.32. The highest BCUT2D eigenvalue weighted by molar-refractivity contribution is 5.92. The Morgan fingerprint density at radius 3 is 2.44 bits per heavy atom. The van der Waals surface area contributed by atoms with E-state index in [-0.39, 0.29) is 41.2 Å². The fourth-order valence-corrected chi connectivity index (χ4v) is 4.65. The molecule has 4 aromatic rings. The Kier molecular flexibility index (Phi) is 6.87. The minimum Gasteiger partial charge on any atom is -0.497 e. The van der Waals surface area contributed by atoms with Crippen LogP contribution in [0.1, 0.15) is 47.9 Å². The minimum atomic E-state index is -4.49. The summed E-state index contributed by atoms with van der Waals surface area (Å²) in [4.78, 5) is 24.7. The number of hydrogen-bond acceptors (Lipinski definition) is 6. The number of carboxylic acid groups (broad SMARTS) is 1. The summed E-state index contributed by atoms with van der Waals surface area (Å²) in [6.07, 6.45) is -1.36. The van der Waals surface area contributed by atoms with Crippen molar-refractivity contribution in [2.45, 2.75) is 44.9 Å². The lowest BCUT2D eigenvalue weighted by Crippen LogP contribution is -2.31. The number of carbonyl (C=O) groups is 1. The van der Waals surface area contributed by atoms with E-state index >= 15 is 4.39 Å². The quantitative estimate of drug-likeness (QED) is 0.263. The van der Waals surface area contributed by atoms with Crippen molar-refractivity contribution >= 4 is 23.0 Å². The van der Waals surface area contributed by atoms with Crippen LogP contribution in [0.15, 0.2) is 42.5 Å². The minimum absolute atomic E-state index is 0.00227. The molecule has 1 aliphatic carbocycles. The number of methoxy groups -OCH3 is 1. The average molecular weight is 544 g/mol. The zero-order valence-corrected chi connectivity index (χ0v) is 21.1. The van der Waals surface area contributed by atoms with E-state index in [1.165, 1.54) is 31.4 Å². The molecule has 39 heavy (non-hydrogen) atoms. The monoisotopic (exact) mass is 543 g/mol. The number of ether oxygens (including phenoxy) is 1. The zero-order valence-electron chi connectivity index (χ0n) is 21.1. The Balaban J connectivity index is 1.70. The van der Waals surface area contributed by atoms with Crippen LogP contribution >= 0.6 is 0 Å². The molecule has 2 heterocycles. The van der Waals surface area contributed by atoms with Crippen molar-refractivity contribution in [3.63, 3.8) is 0 Å². The van der Waals surface area contributed by atoms with E-state index in [2.05, 4.69) is 20.3 Å². The van der Waals surface area contributed by atoms with Gasteiger partial charge in [0.15, 0.2) is 11.5 Å². The van der Waals surface area contributed by atoms with Crippen LogP contribution in [0.5, 0.6) is 5.75 Å². The molecule has 0 bridgehead atoms. The van der Waals surface area contributed by atoms with Gasteiger partial charge in [0.05, 0.1) is 18.2 Å². The Morgan fingerprint density at radius 1 is 1.15 bits per heavy atom. The first-order valence-electron chi connectivity index (χ1n) is 12.3. The molecular weight excluding hydrogens is 518 g/mol. The van der Waals surface area contributed by atoms with Crippen LogP contribution in [0.3, 0.4) is 0 Å². The number of aromatic nitrogens is 4. The lowest BCUT2D eigenvalue weighted by molar-refractivity contribution is -0.137. The van der Waals surface area contributed by atoms with E-state index in [0.29, 0.717) is 17.0 Å². The number of aromatic carboxylic acids is 1. The van der Waals surface area contributed by atoms with Crippen molar-refractivity contribution < 1.29 is 32.2 Å². The summed E-state index contributed by atoms with van der Waals surface area (Å²) in [5, 5.41) is 12.9. The van der Waals surface area contributed by atoms with Gasteiger partial charge in [-0.05, 0) is 55.5 Å². The first kappa shape index (κ1) is 26.4. The Labute approximate surface area is 220 Å². The number of rotatable bonds is 8. The van der Waals surface area contributed by atoms with Gasteiger partial charge in [-0.25, -0.2) is 24.1 Å². The van der Waals surface area contributed by atoms with Gasteiger partial charge in [-0.2, -0.15) is 13.2 Å². The Hall–Kier alpha value is -4.22. The summed E-state index contributed by atoms with van der Waals surface area (Å²) < 4.78 is 61.3. The highest BCUT2D eigenvalue weighted by Gasteiger charge is 2.31. The molecule has 1 atom stereocenters. The second-order valence-electron chi connectivity index (χ2n) is 9.56. The molecule has 2 aromatic carbocycles. The molecule has 1 saturated carbocycles. The fourth-order valence-electron chi connectivity index (χ4n) is 4.65. The summed E-state index contributed by atoms with van der Waals surface area (Å²) in [5.74, 6) is -1.52. The van der Waals surface area contributed by atoms with Crippen LogP contribution in [-0.4, -0.2) is 43.7 Å². The molecule has 0 aliphatic heterocycles. The van der Waals surface area contributed by atoms with Gasteiger partial charge in [-0.3, -0.25) is 0 Å². The summed E-state index contributed by atoms with van der Waals surface area (Å²) in [5.41, 5.74) is 0.0988. The van der Waals surface area contributed by atoms with Gasteiger partial charge in [0.25, 0.3) is 0 Å². The predicted molar refractivity (Wildman–Crippen MR) is 135 cm³/mol. The van der Waals surface area contributed by atoms with Gasteiger partial charge in [0, 0.05) is 18.7 Å². The molecular formula is C27H25F4N5O3. The van der Waals surface area contributed by atoms with Crippen molar-refractivity contribution in [3.05, 3.63) is 65.2 Å². The molecule has 2 N–H and O–H groups in total. The number of halogens is 4. The second kappa shape index (κ2) is 10.2. The van der Waals surface area contributed by atoms with Crippen molar-refractivity contribution in [1.82, 2.24) is 19.5 Å². The summed E-state index contributed by atoms with van der Waals surface area (Å²) >= 11 is 0. The van der Waals surface area contributed by atoms with Gasteiger partial charge in [-0.1, -0.05) is 18.6 Å². The summed E-state index contributed by atoms with van der Waals surface area (Å²) in [6, 6.07) is 8.76. The molecule has 0 unspecified atom stereocenters. The van der Waals surface area contributed by atoms with Crippen LogP contribution in [0.4, 0.5) is 23.4 Å². The van der Waals surface area contributed by atoms with E-state index < -0.39 is 29.4 Å². The number of anilines is 1. The number of benzene rings is 2. The van der Waals surface area contributed by atoms with Crippen molar-refractivity contribution in [2.24, 2.45) is 5.92 Å². The van der Waals surface area contributed by atoms with E-state index in [1.807, 2.05) is 6.92 Å². The molecule has 8 nitrogen and oxygen atoms in total. The molecule has 1 fully saturated rings. The maximum atomic E-state index is 15.2. The number of hydrogen-bond donors (Lipinski definition) is 2. The maximum Gasteiger partial charge on any atom is 0.416 e. The van der Waals surface area contributed by atoms with Gasteiger partial charge >= 0.3 is 12.1 Å². The van der Waals surface area contributed by atoms with E-state index in [1.54, 1.807) is 10.6 Å². The molecule has 204 valence electrons. The summed E-state index contributed by atoms with van der Waals surface area (Å²) in [6.45, 7) is 1.97. The number of nitrogens with one attached hydrogen (secondary N) is 1. The predicted octanol–water partition coefficient (Wildman–Crippen LogP) is 6.01. The first-order chi connectivity index (χ1) is 18.5. The van der Waals surface area contributed by atoms with Crippen LogP contribution < -0.4 is 10.1 Å². The van der Waals surface area contributed by atoms with Crippen molar-refractivity contribution in [3.8, 4) is 17.1 Å². The van der Waals surface area contributed by atoms with E-state index in [4.69, 9.17) is 4.74 Å². The largest absolute Gasteiger partial charge is 0.497 e. The molecule has 0 amide bonds. The Morgan fingerprint density at radius 2 is 1.87 bits per heavy atom.